The number of nitrogens with zero attached hydrogens (tertiary/aromatic N) is 2. The fourth-order valence-electron chi connectivity index (χ4n) is 3.96. The fraction of sp³-hybridized carbons (Fsp3) is 0.318. The molecule has 29 heavy (non-hydrogen) atoms. The number of Topliss-reactive ketones (excluding diaryl/α,β-unsaturated/α-hetero) is 1. The SMILES string of the molecule is CS(=O)(=O)N1CCc2cc(C(=O)CN3CC=C(c4ccc(F)cc4)CC3)ccc21. The summed E-state index contributed by atoms with van der Waals surface area (Å²) in [7, 11) is -3.29. The molecule has 0 saturated heterocycles. The van der Waals surface area contributed by atoms with E-state index in [-0.39, 0.29) is 11.6 Å². The number of hydrogen-bond donors (Lipinski definition) is 0. The van der Waals surface area contributed by atoms with Crippen molar-refractivity contribution < 1.29 is 17.6 Å². The molecule has 2 heterocycles. The number of benzene rings is 2. The summed E-state index contributed by atoms with van der Waals surface area (Å²) in [6.45, 7) is 2.18. The monoisotopic (exact) mass is 414 g/mol. The van der Waals surface area contributed by atoms with Gasteiger partial charge in [0.15, 0.2) is 5.78 Å². The average Bonchev–Trinajstić information content (AvgIpc) is 3.13. The van der Waals surface area contributed by atoms with Crippen molar-refractivity contribution in [1.82, 2.24) is 4.90 Å². The van der Waals surface area contributed by atoms with Crippen LogP contribution >= 0.6 is 0 Å². The van der Waals surface area contributed by atoms with E-state index in [2.05, 4.69) is 11.0 Å². The molecule has 0 spiro atoms. The molecule has 0 saturated carbocycles. The molecule has 0 radical (unpaired) electrons. The maximum atomic E-state index is 13.1. The first-order valence-electron chi connectivity index (χ1n) is 9.62. The molecule has 0 unspecified atom stereocenters. The Bertz CT molecular complexity index is 1080. The maximum Gasteiger partial charge on any atom is 0.232 e. The zero-order valence-electron chi connectivity index (χ0n) is 16.3. The topological polar surface area (TPSA) is 57.7 Å². The molecule has 2 aliphatic heterocycles. The van der Waals surface area contributed by atoms with Crippen LogP contribution < -0.4 is 4.31 Å². The van der Waals surface area contributed by atoms with Crippen molar-refractivity contribution in [1.29, 1.82) is 0 Å². The first kappa shape index (κ1) is 19.8. The van der Waals surface area contributed by atoms with E-state index in [0.717, 1.165) is 24.1 Å². The molecule has 152 valence electrons. The highest BCUT2D eigenvalue weighted by molar-refractivity contribution is 7.92. The van der Waals surface area contributed by atoms with E-state index in [1.54, 1.807) is 24.3 Å². The minimum Gasteiger partial charge on any atom is -0.293 e. The molecule has 2 aromatic rings. The van der Waals surface area contributed by atoms with Crippen LogP contribution in [-0.4, -0.2) is 51.5 Å². The fourth-order valence-corrected chi connectivity index (χ4v) is 4.92. The van der Waals surface area contributed by atoms with Gasteiger partial charge in [0.2, 0.25) is 10.0 Å². The second-order valence-corrected chi connectivity index (χ2v) is 9.48. The highest BCUT2D eigenvalue weighted by atomic mass is 32.2. The van der Waals surface area contributed by atoms with E-state index < -0.39 is 10.0 Å². The van der Waals surface area contributed by atoms with Crippen LogP contribution in [0.25, 0.3) is 5.57 Å². The van der Waals surface area contributed by atoms with Crippen molar-refractivity contribution in [3.8, 4) is 0 Å². The molecule has 0 atom stereocenters. The van der Waals surface area contributed by atoms with Gasteiger partial charge in [-0.3, -0.25) is 14.0 Å². The molecule has 0 fully saturated rings. The van der Waals surface area contributed by atoms with Crippen molar-refractivity contribution in [2.75, 3.05) is 36.7 Å². The smallest absolute Gasteiger partial charge is 0.232 e. The van der Waals surface area contributed by atoms with Crippen molar-refractivity contribution in [3.63, 3.8) is 0 Å². The number of rotatable bonds is 5. The van der Waals surface area contributed by atoms with E-state index in [1.165, 1.54) is 28.3 Å². The molecule has 0 N–H and O–H groups in total. The highest BCUT2D eigenvalue weighted by Crippen LogP contribution is 2.31. The Labute approximate surface area is 170 Å². The van der Waals surface area contributed by atoms with Gasteiger partial charge in [-0.2, -0.15) is 0 Å². The van der Waals surface area contributed by atoms with Gasteiger partial charge in [-0.25, -0.2) is 12.8 Å². The summed E-state index contributed by atoms with van der Waals surface area (Å²) in [5.74, 6) is -0.212. The first-order valence-corrected chi connectivity index (χ1v) is 11.5. The third-order valence-electron chi connectivity index (χ3n) is 5.53. The lowest BCUT2D eigenvalue weighted by molar-refractivity contribution is 0.0937. The molecule has 5 nitrogen and oxygen atoms in total. The van der Waals surface area contributed by atoms with Crippen molar-refractivity contribution in [3.05, 3.63) is 71.0 Å². The summed E-state index contributed by atoms with van der Waals surface area (Å²) in [5.41, 5.74) is 4.39. The lowest BCUT2D eigenvalue weighted by Gasteiger charge is -2.26. The number of sulfonamides is 1. The third-order valence-corrected chi connectivity index (χ3v) is 6.71. The van der Waals surface area contributed by atoms with Crippen LogP contribution in [0, 0.1) is 5.82 Å². The van der Waals surface area contributed by atoms with Gasteiger partial charge in [0.1, 0.15) is 5.82 Å². The predicted molar refractivity (Wildman–Crippen MR) is 112 cm³/mol. The van der Waals surface area contributed by atoms with Gasteiger partial charge in [-0.15, -0.1) is 0 Å². The minimum absolute atomic E-state index is 0.0317. The van der Waals surface area contributed by atoms with E-state index >= 15 is 0 Å². The molecule has 0 aliphatic carbocycles. The summed E-state index contributed by atoms with van der Waals surface area (Å²) < 4.78 is 38.2. The molecule has 4 rings (SSSR count). The normalized spacial score (nSPS) is 17.2. The van der Waals surface area contributed by atoms with Gasteiger partial charge in [0.25, 0.3) is 0 Å². The van der Waals surface area contributed by atoms with Crippen LogP contribution in [0.5, 0.6) is 0 Å². The van der Waals surface area contributed by atoms with Crippen LogP contribution in [0.4, 0.5) is 10.1 Å². The van der Waals surface area contributed by atoms with Crippen LogP contribution in [0.3, 0.4) is 0 Å². The Hall–Kier alpha value is -2.51. The van der Waals surface area contributed by atoms with Crippen LogP contribution in [-0.2, 0) is 16.4 Å². The Balaban J connectivity index is 1.41. The highest BCUT2D eigenvalue weighted by Gasteiger charge is 2.27. The minimum atomic E-state index is -3.29. The van der Waals surface area contributed by atoms with E-state index in [1.807, 2.05) is 6.07 Å². The number of hydrogen-bond acceptors (Lipinski definition) is 4. The van der Waals surface area contributed by atoms with E-state index in [4.69, 9.17) is 0 Å². The summed E-state index contributed by atoms with van der Waals surface area (Å²) in [6, 6.07) is 11.8. The number of anilines is 1. The Kier molecular flexibility index (Phi) is 5.27. The van der Waals surface area contributed by atoms with Gasteiger partial charge < -0.3 is 0 Å². The summed E-state index contributed by atoms with van der Waals surface area (Å²) in [4.78, 5) is 14.8. The van der Waals surface area contributed by atoms with E-state index in [0.29, 0.717) is 37.3 Å². The van der Waals surface area contributed by atoms with Crippen LogP contribution in [0.15, 0.2) is 48.5 Å². The summed E-state index contributed by atoms with van der Waals surface area (Å²) in [6.07, 6.45) is 4.73. The van der Waals surface area contributed by atoms with Crippen molar-refractivity contribution in [2.24, 2.45) is 0 Å². The molecular formula is C22H23FN2O3S. The number of carbonyl (C=O) groups is 1. The summed E-state index contributed by atoms with van der Waals surface area (Å²) in [5, 5.41) is 0. The first-order chi connectivity index (χ1) is 13.8. The van der Waals surface area contributed by atoms with Gasteiger partial charge >= 0.3 is 0 Å². The second kappa shape index (κ2) is 7.72. The van der Waals surface area contributed by atoms with Crippen LogP contribution in [0.1, 0.15) is 27.9 Å². The zero-order valence-corrected chi connectivity index (χ0v) is 17.1. The average molecular weight is 415 g/mol. The number of carbonyl (C=O) groups excluding carboxylic acids is 1. The second-order valence-electron chi connectivity index (χ2n) is 7.57. The van der Waals surface area contributed by atoms with E-state index in [9.17, 15) is 17.6 Å². The molecule has 0 bridgehead atoms. The lowest BCUT2D eigenvalue weighted by Crippen LogP contribution is -2.33. The third kappa shape index (κ3) is 4.26. The predicted octanol–water partition coefficient (Wildman–Crippen LogP) is 3.12. The molecule has 2 aromatic carbocycles. The Morgan fingerprint density at radius 1 is 1.07 bits per heavy atom. The number of halogens is 1. The van der Waals surface area contributed by atoms with Gasteiger partial charge in [-0.05, 0) is 59.9 Å². The lowest BCUT2D eigenvalue weighted by atomic mass is 9.99. The molecule has 0 aromatic heterocycles. The zero-order chi connectivity index (χ0) is 20.6. The van der Waals surface area contributed by atoms with Crippen molar-refractivity contribution >= 4 is 27.1 Å². The quantitative estimate of drug-likeness (QED) is 0.706. The maximum absolute atomic E-state index is 13.1. The molecular weight excluding hydrogens is 391 g/mol. The largest absolute Gasteiger partial charge is 0.293 e. The molecule has 7 heteroatoms. The Morgan fingerprint density at radius 2 is 1.83 bits per heavy atom. The van der Waals surface area contributed by atoms with Gasteiger partial charge in [0.05, 0.1) is 18.5 Å². The molecule has 2 aliphatic rings. The summed E-state index contributed by atoms with van der Waals surface area (Å²) >= 11 is 0. The Morgan fingerprint density at radius 3 is 2.48 bits per heavy atom. The van der Waals surface area contributed by atoms with Gasteiger partial charge in [-0.1, -0.05) is 18.2 Å². The standard InChI is InChI=1S/C22H23FN2O3S/c1-29(27,28)25-13-10-18-14-19(4-7-21(18)25)22(26)15-24-11-8-17(9-12-24)16-2-5-20(23)6-3-16/h2-8,14H,9-13,15H2,1H3. The number of ketones is 1. The molecule has 0 amide bonds. The number of fused-ring (bicyclic) bond motifs is 1. The van der Waals surface area contributed by atoms with Crippen molar-refractivity contribution in [2.45, 2.75) is 12.8 Å². The van der Waals surface area contributed by atoms with Gasteiger partial charge in [0, 0.05) is 25.2 Å². The van der Waals surface area contributed by atoms with Crippen LogP contribution in [0.2, 0.25) is 0 Å².